The predicted octanol–water partition coefficient (Wildman–Crippen LogP) is 3.57. The molecule has 0 heterocycles. The van der Waals surface area contributed by atoms with Crippen molar-refractivity contribution in [2.24, 2.45) is 0 Å². The number of amides is 1. The molecule has 0 spiro atoms. The number of carbonyl (C=O) groups is 1. The maximum Gasteiger partial charge on any atom is 0.220 e. The molecule has 0 radical (unpaired) electrons. The molecule has 23 heavy (non-hydrogen) atoms. The van der Waals surface area contributed by atoms with Crippen LogP contribution < -0.4 is 10.1 Å². The summed E-state index contributed by atoms with van der Waals surface area (Å²) in [6, 6.07) is 12.1. The Morgan fingerprint density at radius 1 is 1.09 bits per heavy atom. The topological polar surface area (TPSA) is 38.3 Å². The molecule has 1 amide bonds. The van der Waals surface area contributed by atoms with Crippen LogP contribution in [0.4, 0.5) is 4.39 Å². The second-order valence-electron chi connectivity index (χ2n) is 5.57. The first-order valence-electron chi connectivity index (χ1n) is 7.76. The largest absolute Gasteiger partial charge is 0.492 e. The Labute approximate surface area is 136 Å². The summed E-state index contributed by atoms with van der Waals surface area (Å²) in [7, 11) is 0. The highest BCUT2D eigenvalue weighted by molar-refractivity contribution is 5.76. The van der Waals surface area contributed by atoms with Gasteiger partial charge >= 0.3 is 0 Å². The van der Waals surface area contributed by atoms with E-state index in [2.05, 4.69) is 37.4 Å². The van der Waals surface area contributed by atoms with Crippen molar-refractivity contribution in [3.05, 3.63) is 65.0 Å². The van der Waals surface area contributed by atoms with E-state index in [0.717, 1.165) is 6.42 Å². The fourth-order valence-electron chi connectivity index (χ4n) is 2.20. The fraction of sp³-hybridized carbons (Fsp3) is 0.316. The molecule has 0 aliphatic carbocycles. The van der Waals surface area contributed by atoms with Gasteiger partial charge in [0.2, 0.25) is 5.91 Å². The smallest absolute Gasteiger partial charge is 0.220 e. The number of hydrogen-bond donors (Lipinski definition) is 1. The van der Waals surface area contributed by atoms with Crippen LogP contribution in [-0.2, 0) is 11.2 Å². The third kappa shape index (κ3) is 5.74. The number of rotatable bonds is 7. The zero-order valence-electron chi connectivity index (χ0n) is 13.6. The summed E-state index contributed by atoms with van der Waals surface area (Å²) < 4.78 is 18.2. The van der Waals surface area contributed by atoms with Crippen molar-refractivity contribution in [3.8, 4) is 5.75 Å². The third-order valence-electron chi connectivity index (χ3n) is 3.72. The maximum absolute atomic E-state index is 12.7. The van der Waals surface area contributed by atoms with Crippen LogP contribution in [0.2, 0.25) is 0 Å². The van der Waals surface area contributed by atoms with E-state index >= 15 is 0 Å². The summed E-state index contributed by atoms with van der Waals surface area (Å²) in [4.78, 5) is 11.8. The lowest BCUT2D eigenvalue weighted by molar-refractivity contribution is -0.121. The molecule has 2 aromatic rings. The molecule has 122 valence electrons. The van der Waals surface area contributed by atoms with Gasteiger partial charge in [0.05, 0.1) is 6.54 Å². The highest BCUT2D eigenvalue weighted by Gasteiger charge is 2.03. The molecular formula is C19H22FNO2. The average Bonchev–Trinajstić information content (AvgIpc) is 2.54. The SMILES string of the molecule is Cc1ccc(CCC(=O)NCCOc2ccc(F)cc2)cc1C. The van der Waals surface area contributed by atoms with Gasteiger partial charge in [0, 0.05) is 6.42 Å². The van der Waals surface area contributed by atoms with Crippen molar-refractivity contribution in [1.82, 2.24) is 5.32 Å². The Balaban J connectivity index is 1.65. The van der Waals surface area contributed by atoms with Gasteiger partial charge in [-0.25, -0.2) is 4.39 Å². The molecule has 0 aliphatic rings. The average molecular weight is 315 g/mol. The Kier molecular flexibility index (Phi) is 6.15. The lowest BCUT2D eigenvalue weighted by Crippen LogP contribution is -2.28. The summed E-state index contributed by atoms with van der Waals surface area (Å²) in [5, 5.41) is 2.82. The maximum atomic E-state index is 12.7. The van der Waals surface area contributed by atoms with Crippen LogP contribution in [0.3, 0.4) is 0 Å². The van der Waals surface area contributed by atoms with Gasteiger partial charge in [0.15, 0.2) is 0 Å². The molecule has 1 N–H and O–H groups in total. The number of hydrogen-bond acceptors (Lipinski definition) is 2. The number of nitrogens with one attached hydrogen (secondary N) is 1. The van der Waals surface area contributed by atoms with Crippen LogP contribution in [-0.4, -0.2) is 19.1 Å². The zero-order valence-corrected chi connectivity index (χ0v) is 13.6. The monoisotopic (exact) mass is 315 g/mol. The lowest BCUT2D eigenvalue weighted by atomic mass is 10.0. The van der Waals surface area contributed by atoms with Crippen LogP contribution >= 0.6 is 0 Å². The molecule has 0 aliphatic heterocycles. The molecule has 0 atom stereocenters. The highest BCUT2D eigenvalue weighted by Crippen LogP contribution is 2.12. The number of ether oxygens (including phenoxy) is 1. The van der Waals surface area contributed by atoms with Gasteiger partial charge in [-0.1, -0.05) is 18.2 Å². The molecule has 0 unspecified atom stereocenters. The van der Waals surface area contributed by atoms with Crippen molar-refractivity contribution in [1.29, 1.82) is 0 Å². The standard InChI is InChI=1S/C19H22FNO2/c1-14-3-4-16(13-15(14)2)5-10-19(22)21-11-12-23-18-8-6-17(20)7-9-18/h3-4,6-9,13H,5,10-12H2,1-2H3,(H,21,22). The third-order valence-corrected chi connectivity index (χ3v) is 3.72. The lowest BCUT2D eigenvalue weighted by Gasteiger charge is -2.08. The van der Waals surface area contributed by atoms with Gasteiger partial charge in [-0.3, -0.25) is 4.79 Å². The molecule has 0 fully saturated rings. The highest BCUT2D eigenvalue weighted by atomic mass is 19.1. The normalized spacial score (nSPS) is 10.4. The minimum absolute atomic E-state index is 0.00549. The van der Waals surface area contributed by atoms with Crippen LogP contribution in [0.15, 0.2) is 42.5 Å². The second-order valence-corrected chi connectivity index (χ2v) is 5.57. The van der Waals surface area contributed by atoms with Gasteiger partial charge < -0.3 is 10.1 Å². The first kappa shape index (κ1) is 17.0. The van der Waals surface area contributed by atoms with Crippen LogP contribution in [0.25, 0.3) is 0 Å². The van der Waals surface area contributed by atoms with E-state index < -0.39 is 0 Å². The van der Waals surface area contributed by atoms with Crippen LogP contribution in [0.1, 0.15) is 23.1 Å². The molecule has 3 nitrogen and oxygen atoms in total. The molecular weight excluding hydrogens is 293 g/mol. The number of benzene rings is 2. The first-order chi connectivity index (χ1) is 11.0. The summed E-state index contributed by atoms with van der Waals surface area (Å²) in [5.41, 5.74) is 3.68. The molecule has 2 aromatic carbocycles. The van der Waals surface area contributed by atoms with Crippen molar-refractivity contribution >= 4 is 5.91 Å². The van der Waals surface area contributed by atoms with Crippen LogP contribution in [0, 0.1) is 19.7 Å². The van der Waals surface area contributed by atoms with Gasteiger partial charge in [0.1, 0.15) is 18.2 Å². The Morgan fingerprint density at radius 2 is 1.83 bits per heavy atom. The van der Waals surface area contributed by atoms with Crippen molar-refractivity contribution < 1.29 is 13.9 Å². The van der Waals surface area contributed by atoms with E-state index in [1.807, 2.05) is 0 Å². The van der Waals surface area contributed by atoms with Gasteiger partial charge in [0.25, 0.3) is 0 Å². The van der Waals surface area contributed by atoms with Gasteiger partial charge in [-0.15, -0.1) is 0 Å². The van der Waals surface area contributed by atoms with Crippen molar-refractivity contribution in [2.45, 2.75) is 26.7 Å². The van der Waals surface area contributed by atoms with E-state index in [0.29, 0.717) is 25.3 Å². The molecule has 4 heteroatoms. The van der Waals surface area contributed by atoms with Crippen LogP contribution in [0.5, 0.6) is 5.75 Å². The summed E-state index contributed by atoms with van der Waals surface area (Å²) >= 11 is 0. The summed E-state index contributed by atoms with van der Waals surface area (Å²) in [5.74, 6) is 0.304. The molecule has 0 saturated heterocycles. The zero-order chi connectivity index (χ0) is 16.7. The fourth-order valence-corrected chi connectivity index (χ4v) is 2.20. The predicted molar refractivity (Wildman–Crippen MR) is 89.1 cm³/mol. The minimum Gasteiger partial charge on any atom is -0.492 e. The quantitative estimate of drug-likeness (QED) is 0.793. The van der Waals surface area contributed by atoms with Gasteiger partial charge in [-0.05, 0) is 61.2 Å². The minimum atomic E-state index is -0.294. The molecule has 0 aromatic heterocycles. The van der Waals surface area contributed by atoms with Crippen molar-refractivity contribution in [2.75, 3.05) is 13.2 Å². The Morgan fingerprint density at radius 3 is 2.52 bits per heavy atom. The Bertz CT molecular complexity index is 653. The van der Waals surface area contributed by atoms with E-state index in [1.54, 1.807) is 12.1 Å². The number of carbonyl (C=O) groups excluding carboxylic acids is 1. The van der Waals surface area contributed by atoms with Crippen molar-refractivity contribution in [3.63, 3.8) is 0 Å². The molecule has 2 rings (SSSR count). The summed E-state index contributed by atoms with van der Waals surface area (Å²) in [6.45, 7) is 4.95. The van der Waals surface area contributed by atoms with Gasteiger partial charge in [-0.2, -0.15) is 0 Å². The van der Waals surface area contributed by atoms with E-state index in [9.17, 15) is 9.18 Å². The van der Waals surface area contributed by atoms with E-state index in [1.165, 1.54) is 28.8 Å². The second kappa shape index (κ2) is 8.32. The number of aryl methyl sites for hydroxylation is 3. The van der Waals surface area contributed by atoms with E-state index in [-0.39, 0.29) is 11.7 Å². The molecule has 0 bridgehead atoms. The van der Waals surface area contributed by atoms with E-state index in [4.69, 9.17) is 4.74 Å². The molecule has 0 saturated carbocycles. The number of halogens is 1. The first-order valence-corrected chi connectivity index (χ1v) is 7.76. The summed E-state index contributed by atoms with van der Waals surface area (Å²) in [6.07, 6.45) is 1.19. The Hall–Kier alpha value is -2.36.